The molecule has 2 fully saturated rings. The molecule has 2 N–H and O–H groups in total. The molecule has 1 aromatic carbocycles. The summed E-state index contributed by atoms with van der Waals surface area (Å²) >= 11 is 0. The summed E-state index contributed by atoms with van der Waals surface area (Å²) in [7, 11) is 0. The molecule has 0 amide bonds. The minimum absolute atomic E-state index is 0.113. The summed E-state index contributed by atoms with van der Waals surface area (Å²) in [6, 6.07) is 9.48. The molecule has 1 aromatic heterocycles. The summed E-state index contributed by atoms with van der Waals surface area (Å²) < 4.78 is 5.36. The number of H-pyrrole nitrogens is 1. The molecule has 144 valence electrons. The first kappa shape index (κ1) is 18.2. The molecule has 1 aliphatic heterocycles. The molecular formula is C21H28N4O2. The number of benzene rings is 1. The van der Waals surface area contributed by atoms with E-state index in [1.54, 1.807) is 6.20 Å². The van der Waals surface area contributed by atoms with Crippen LogP contribution in [0.25, 0.3) is 0 Å². The zero-order chi connectivity index (χ0) is 18.6. The third-order valence-corrected chi connectivity index (χ3v) is 5.45. The van der Waals surface area contributed by atoms with Crippen molar-refractivity contribution in [2.75, 3.05) is 37.7 Å². The fraction of sp³-hybridized carbons (Fsp3) is 0.524. The molecule has 1 saturated carbocycles. The highest BCUT2D eigenvalue weighted by Gasteiger charge is 2.37. The fourth-order valence-corrected chi connectivity index (χ4v) is 3.71. The molecule has 2 aromatic rings. The molecular weight excluding hydrogens is 340 g/mol. The van der Waals surface area contributed by atoms with E-state index in [0.717, 1.165) is 38.2 Å². The summed E-state index contributed by atoms with van der Waals surface area (Å²) in [4.78, 5) is 21.5. The number of ether oxygens (including phenoxy) is 1. The first-order valence-electron chi connectivity index (χ1n) is 9.92. The van der Waals surface area contributed by atoms with E-state index in [0.29, 0.717) is 31.0 Å². The molecule has 0 radical (unpaired) electrons. The number of morpholine rings is 1. The van der Waals surface area contributed by atoms with Crippen LogP contribution >= 0.6 is 0 Å². The topological polar surface area (TPSA) is 70.2 Å². The monoisotopic (exact) mass is 368 g/mol. The van der Waals surface area contributed by atoms with Crippen LogP contribution in [0.15, 0.2) is 35.3 Å². The lowest BCUT2D eigenvalue weighted by molar-refractivity contribution is 0.122. The van der Waals surface area contributed by atoms with Gasteiger partial charge in [0.05, 0.1) is 18.9 Å². The summed E-state index contributed by atoms with van der Waals surface area (Å²) in [5, 5.41) is 3.65. The van der Waals surface area contributed by atoms with E-state index >= 15 is 0 Å². The number of rotatable bonds is 7. The molecule has 1 aliphatic carbocycles. The van der Waals surface area contributed by atoms with Crippen LogP contribution in [0.4, 0.5) is 5.82 Å². The van der Waals surface area contributed by atoms with Gasteiger partial charge in [0, 0.05) is 31.2 Å². The van der Waals surface area contributed by atoms with E-state index in [1.165, 1.54) is 17.5 Å². The fourth-order valence-electron chi connectivity index (χ4n) is 3.71. The number of aromatic nitrogens is 2. The van der Waals surface area contributed by atoms with Crippen LogP contribution in [0.3, 0.4) is 0 Å². The Morgan fingerprint density at radius 2 is 2.04 bits per heavy atom. The largest absolute Gasteiger partial charge is 0.378 e. The van der Waals surface area contributed by atoms with Crippen molar-refractivity contribution in [3.05, 3.63) is 57.6 Å². The van der Waals surface area contributed by atoms with Gasteiger partial charge in [0.25, 0.3) is 5.56 Å². The van der Waals surface area contributed by atoms with E-state index < -0.39 is 0 Å². The number of aromatic amines is 1. The van der Waals surface area contributed by atoms with Crippen molar-refractivity contribution >= 4 is 5.82 Å². The average Bonchev–Trinajstić information content (AvgIpc) is 3.47. The van der Waals surface area contributed by atoms with Gasteiger partial charge in [0.1, 0.15) is 0 Å². The Bertz CT molecular complexity index is 812. The number of anilines is 1. The average molecular weight is 368 g/mol. The van der Waals surface area contributed by atoms with Crippen molar-refractivity contribution in [3.63, 3.8) is 0 Å². The molecule has 6 heteroatoms. The zero-order valence-corrected chi connectivity index (χ0v) is 15.9. The standard InChI is InChI=1S/C21H28N4O2/c1-15-4-6-16(7-5-15)18-13-19(18)22-8-2-3-17-14-23-21(26)20(24-17)25-9-11-27-12-10-25/h4-7,14,18-19,22H,2-3,8-13H2,1H3,(H,23,26)/t18-,19+/m0/s1. The Morgan fingerprint density at radius 1 is 1.26 bits per heavy atom. The maximum absolute atomic E-state index is 12.1. The Labute approximate surface area is 160 Å². The summed E-state index contributed by atoms with van der Waals surface area (Å²) in [5.41, 5.74) is 3.59. The second kappa shape index (κ2) is 8.23. The Kier molecular flexibility index (Phi) is 5.55. The van der Waals surface area contributed by atoms with Crippen molar-refractivity contribution in [2.24, 2.45) is 0 Å². The number of nitrogens with zero attached hydrogens (tertiary/aromatic N) is 2. The number of nitrogens with one attached hydrogen (secondary N) is 2. The van der Waals surface area contributed by atoms with Gasteiger partial charge < -0.3 is 19.9 Å². The van der Waals surface area contributed by atoms with Crippen molar-refractivity contribution < 1.29 is 4.74 Å². The molecule has 0 spiro atoms. The van der Waals surface area contributed by atoms with E-state index in [4.69, 9.17) is 4.74 Å². The Balaban J connectivity index is 1.24. The maximum Gasteiger partial charge on any atom is 0.290 e. The highest BCUT2D eigenvalue weighted by Crippen LogP contribution is 2.40. The van der Waals surface area contributed by atoms with Crippen LogP contribution in [0.2, 0.25) is 0 Å². The molecule has 2 aliphatic rings. The molecule has 0 unspecified atom stereocenters. The molecule has 0 bridgehead atoms. The summed E-state index contributed by atoms with van der Waals surface area (Å²) in [6.07, 6.45) is 4.85. The van der Waals surface area contributed by atoms with Gasteiger partial charge in [-0.05, 0) is 38.3 Å². The van der Waals surface area contributed by atoms with Gasteiger partial charge in [-0.25, -0.2) is 4.98 Å². The van der Waals surface area contributed by atoms with E-state index in [9.17, 15) is 4.79 Å². The third kappa shape index (κ3) is 4.57. The van der Waals surface area contributed by atoms with Crippen molar-refractivity contribution in [1.82, 2.24) is 15.3 Å². The van der Waals surface area contributed by atoms with Crippen LogP contribution in [-0.2, 0) is 11.2 Å². The Morgan fingerprint density at radius 3 is 2.81 bits per heavy atom. The lowest BCUT2D eigenvalue weighted by Gasteiger charge is -2.27. The number of hydrogen-bond donors (Lipinski definition) is 2. The minimum atomic E-state index is -0.113. The molecule has 27 heavy (non-hydrogen) atoms. The molecule has 4 rings (SSSR count). The highest BCUT2D eigenvalue weighted by atomic mass is 16.5. The van der Waals surface area contributed by atoms with Crippen LogP contribution in [-0.4, -0.2) is 48.9 Å². The van der Waals surface area contributed by atoms with Crippen LogP contribution in [0.1, 0.15) is 35.6 Å². The second-order valence-electron chi connectivity index (χ2n) is 7.56. The smallest absolute Gasteiger partial charge is 0.290 e. The van der Waals surface area contributed by atoms with Crippen molar-refractivity contribution in [3.8, 4) is 0 Å². The van der Waals surface area contributed by atoms with E-state index in [1.807, 2.05) is 4.90 Å². The van der Waals surface area contributed by atoms with Gasteiger partial charge in [-0.15, -0.1) is 0 Å². The van der Waals surface area contributed by atoms with Gasteiger partial charge in [-0.3, -0.25) is 4.79 Å². The SMILES string of the molecule is Cc1ccc([C@@H]2C[C@H]2NCCCc2c[nH]c(=O)c(N3CCOCC3)n2)cc1. The third-order valence-electron chi connectivity index (χ3n) is 5.45. The van der Waals surface area contributed by atoms with Gasteiger partial charge in [-0.2, -0.15) is 0 Å². The predicted molar refractivity (Wildman–Crippen MR) is 107 cm³/mol. The zero-order valence-electron chi connectivity index (χ0n) is 15.9. The van der Waals surface area contributed by atoms with Crippen LogP contribution in [0, 0.1) is 6.92 Å². The van der Waals surface area contributed by atoms with Gasteiger partial charge in [0.2, 0.25) is 0 Å². The van der Waals surface area contributed by atoms with Crippen molar-refractivity contribution in [2.45, 2.75) is 38.1 Å². The summed E-state index contributed by atoms with van der Waals surface area (Å²) in [5.74, 6) is 1.19. The van der Waals surface area contributed by atoms with Gasteiger partial charge >= 0.3 is 0 Å². The first-order chi connectivity index (χ1) is 13.2. The summed E-state index contributed by atoms with van der Waals surface area (Å²) in [6.45, 7) is 5.85. The molecule has 6 nitrogen and oxygen atoms in total. The maximum atomic E-state index is 12.1. The van der Waals surface area contributed by atoms with Gasteiger partial charge in [0.15, 0.2) is 5.82 Å². The van der Waals surface area contributed by atoms with E-state index in [-0.39, 0.29) is 5.56 Å². The van der Waals surface area contributed by atoms with E-state index in [2.05, 4.69) is 46.5 Å². The highest BCUT2D eigenvalue weighted by molar-refractivity contribution is 5.37. The lowest BCUT2D eigenvalue weighted by Crippen LogP contribution is -2.40. The second-order valence-corrected chi connectivity index (χ2v) is 7.56. The quantitative estimate of drug-likeness (QED) is 0.732. The van der Waals surface area contributed by atoms with Crippen LogP contribution < -0.4 is 15.8 Å². The van der Waals surface area contributed by atoms with Crippen molar-refractivity contribution in [1.29, 1.82) is 0 Å². The Hall–Kier alpha value is -2.18. The minimum Gasteiger partial charge on any atom is -0.378 e. The molecule has 2 heterocycles. The van der Waals surface area contributed by atoms with Crippen LogP contribution in [0.5, 0.6) is 0 Å². The normalized spacial score (nSPS) is 22.0. The first-order valence-corrected chi connectivity index (χ1v) is 9.92. The molecule has 1 saturated heterocycles. The number of hydrogen-bond acceptors (Lipinski definition) is 5. The lowest BCUT2D eigenvalue weighted by atomic mass is 10.1. The number of aryl methyl sites for hydroxylation is 2. The van der Waals surface area contributed by atoms with Gasteiger partial charge in [-0.1, -0.05) is 29.8 Å². The molecule has 2 atom stereocenters. The predicted octanol–water partition coefficient (Wildman–Crippen LogP) is 1.99.